The van der Waals surface area contributed by atoms with Gasteiger partial charge in [-0.05, 0) is 284 Å². The molecule has 24 fully saturated rings. The molecule has 24 aliphatic rings. The van der Waals surface area contributed by atoms with Crippen LogP contribution in [0.1, 0.15) is 253 Å². The molecule has 16 heteroatoms. The first kappa shape index (κ1) is 80.4. The van der Waals surface area contributed by atoms with Crippen LogP contribution in [0, 0.1) is 237 Å². The molecule has 0 aromatic heterocycles. The van der Waals surface area contributed by atoms with Crippen molar-refractivity contribution >= 4 is 35.8 Å². The summed E-state index contributed by atoms with van der Waals surface area (Å²) in [5.74, 6) is 24.9. The summed E-state index contributed by atoms with van der Waals surface area (Å²) in [5, 5.41) is 0. The molecule has 636 valence electrons. The minimum Gasteiger partial charge on any atom is -0.465 e. The summed E-state index contributed by atoms with van der Waals surface area (Å²) >= 11 is 0. The molecular formula is C98H148O16. The zero-order valence-electron chi connectivity index (χ0n) is 73.0. The van der Waals surface area contributed by atoms with Gasteiger partial charge in [0.1, 0.15) is 16.8 Å². The van der Waals surface area contributed by atoms with Crippen LogP contribution in [-0.2, 0) is 76.1 Å². The summed E-state index contributed by atoms with van der Waals surface area (Å²) in [7, 11) is 0. The molecule has 0 spiro atoms. The first-order valence-electron chi connectivity index (χ1n) is 48.6. The Morgan fingerprint density at radius 1 is 0.228 bits per heavy atom. The lowest BCUT2D eigenvalue weighted by Gasteiger charge is -2.39. The third kappa shape index (κ3) is 11.4. The molecule has 12 bridgehead atoms. The average Bonchev–Trinajstić information content (AvgIpc) is 1.53. The van der Waals surface area contributed by atoms with Crippen LogP contribution in [0.4, 0.5) is 0 Å². The van der Waals surface area contributed by atoms with E-state index in [1.54, 1.807) is 0 Å². The second kappa shape index (κ2) is 29.5. The molecule has 114 heavy (non-hydrogen) atoms. The van der Waals surface area contributed by atoms with Crippen molar-refractivity contribution in [2.45, 2.75) is 319 Å². The van der Waals surface area contributed by atoms with Crippen molar-refractivity contribution < 1.29 is 76.1 Å². The quantitative estimate of drug-likeness (QED) is 0.132. The van der Waals surface area contributed by atoms with Crippen LogP contribution in [0.2, 0.25) is 0 Å². The first-order chi connectivity index (χ1) is 54.7. The average molecular weight is 1580 g/mol. The molecule has 12 aliphatic heterocycles. The maximum Gasteiger partial charge on any atom is 0.312 e. The van der Waals surface area contributed by atoms with E-state index in [9.17, 15) is 28.8 Å². The zero-order chi connectivity index (χ0) is 80.0. The summed E-state index contributed by atoms with van der Waals surface area (Å²) in [6.07, 6.45) is 27.9. The third-order valence-electron chi connectivity index (χ3n) is 40.2. The highest BCUT2D eigenvalue weighted by molar-refractivity contribution is 5.80. The Kier molecular flexibility index (Phi) is 20.8. The SMILES string of the molecule is CCC1CC(CC)C2C3CC(C4C(=O)OC(C)(C)C34)C12.CCC1CC(CC)C2C3CC(C4COC(=O)C43)C12.CCC1CC(CC)C2C3OC(C4C(=O)OC(C)(C)C34)C12.CCC1CC(CC)C2C3OC(C4COC(=O)C43)C12.CCC1OC(CC)C2C3CC(C4C(=O)OC(C)(C)C34)C12.CCC1OC(CC)C2C3CC(C4COC(=O)C43)C12. The third-order valence-corrected chi connectivity index (χ3v) is 40.2. The van der Waals surface area contributed by atoms with Crippen molar-refractivity contribution in [3.63, 3.8) is 0 Å². The van der Waals surface area contributed by atoms with Gasteiger partial charge in [-0.25, -0.2) is 0 Å². The van der Waals surface area contributed by atoms with E-state index >= 15 is 0 Å². The van der Waals surface area contributed by atoms with Crippen molar-refractivity contribution in [3.8, 4) is 0 Å². The number of esters is 6. The van der Waals surface area contributed by atoms with Gasteiger partial charge in [-0.2, -0.15) is 0 Å². The monoisotopic (exact) mass is 1580 g/mol. The summed E-state index contributed by atoms with van der Waals surface area (Å²) in [5.41, 5.74) is -0.821. The molecule has 48 atom stereocenters. The molecule has 24 rings (SSSR count). The number of ether oxygens (including phenoxy) is 10. The number of fused-ring (bicyclic) bond motifs is 48. The maximum absolute atomic E-state index is 12.4. The second-order valence-corrected chi connectivity index (χ2v) is 44.3. The van der Waals surface area contributed by atoms with Gasteiger partial charge in [-0.3, -0.25) is 28.8 Å². The number of carbonyl (C=O) groups is 6. The molecule has 12 heterocycles. The minimum atomic E-state index is -0.339. The van der Waals surface area contributed by atoms with Crippen LogP contribution in [-0.4, -0.2) is 121 Å². The maximum atomic E-state index is 12.4. The summed E-state index contributed by atoms with van der Waals surface area (Å²) < 4.78 is 58.3. The van der Waals surface area contributed by atoms with Crippen LogP contribution < -0.4 is 0 Å². The first-order valence-corrected chi connectivity index (χ1v) is 48.6. The molecule has 0 radical (unpaired) electrons. The van der Waals surface area contributed by atoms with Crippen LogP contribution in [0.5, 0.6) is 0 Å². The molecule has 0 aromatic rings. The van der Waals surface area contributed by atoms with Gasteiger partial charge in [0, 0.05) is 35.5 Å². The highest BCUT2D eigenvalue weighted by Gasteiger charge is 2.77. The number of hydrogen-bond acceptors (Lipinski definition) is 16. The summed E-state index contributed by atoms with van der Waals surface area (Å²) in [6, 6.07) is 0. The number of rotatable bonds is 12. The lowest BCUT2D eigenvalue weighted by atomic mass is 9.63. The van der Waals surface area contributed by atoms with Crippen molar-refractivity contribution in [3.05, 3.63) is 0 Å². The Morgan fingerprint density at radius 2 is 0.500 bits per heavy atom. The Hall–Kier alpha value is -3.34. The van der Waals surface area contributed by atoms with Crippen LogP contribution in [0.25, 0.3) is 0 Å². The Labute approximate surface area is 683 Å². The molecule has 12 saturated carbocycles. The second-order valence-electron chi connectivity index (χ2n) is 44.3. The predicted octanol–water partition coefficient (Wildman–Crippen LogP) is 17.5. The van der Waals surface area contributed by atoms with Gasteiger partial charge in [0.25, 0.3) is 0 Å². The molecule has 48 unspecified atom stereocenters. The number of cyclic esters (lactones) is 6. The van der Waals surface area contributed by atoms with E-state index in [1.807, 2.05) is 0 Å². The van der Waals surface area contributed by atoms with Crippen molar-refractivity contribution in [2.75, 3.05) is 19.8 Å². The normalized spacial score (nSPS) is 55.7. The molecular weight excluding hydrogens is 1430 g/mol. The van der Waals surface area contributed by atoms with Gasteiger partial charge in [0.2, 0.25) is 0 Å². The fourth-order valence-electron chi connectivity index (χ4n) is 37.1. The summed E-state index contributed by atoms with van der Waals surface area (Å²) in [4.78, 5) is 72.8. The Balaban J connectivity index is 0.0000000918. The van der Waals surface area contributed by atoms with Crippen LogP contribution in [0.3, 0.4) is 0 Å². The molecule has 0 N–H and O–H groups in total. The standard InChI is InChI=1S/C18H28O2.2C17H26O3.C16H24O2.2C15H22O3/c1-5-9-7-10(6-2)14-12-8-11(13(9)14)15-16(12)18(3,4)20-17(15)19;1-5-10-12-8-7-9(13(12)11(6-2)19-10)15-14(8)16(18)20-17(15,3)4;1-5-8-7-9(6-2)11-10(8)14-12-13(15(11)19-14)17(3,4)20-16(12)18;1-3-8-5-9(4-2)14-11-6-10(13(8)14)12-7-18-16(17)15(11)12;1-3-10-13-7-5-8(14(13)11(4-2)18-10)12-9(7)6-17-15(12)16;1-3-7-5-8(4-2)11-10(7)13-9-6-17-15(16)12(9)14(11)18-13/h9-16H,5-8H2,1-4H3;2*8-15H,5-7H2,1-4H3;8-15H,3-7H2,1-2H3;2*7-14H,3-6H2,1-2H3. The van der Waals surface area contributed by atoms with Gasteiger partial charge >= 0.3 is 35.8 Å². The van der Waals surface area contributed by atoms with Crippen molar-refractivity contribution in [1.29, 1.82) is 0 Å². The molecule has 16 nitrogen and oxygen atoms in total. The predicted molar refractivity (Wildman–Crippen MR) is 428 cm³/mol. The number of carbonyl (C=O) groups excluding carboxylic acids is 6. The topological polar surface area (TPSA) is 195 Å². The molecule has 12 aliphatic carbocycles. The fourth-order valence-corrected chi connectivity index (χ4v) is 37.1. The molecule has 12 saturated heterocycles. The van der Waals surface area contributed by atoms with Gasteiger partial charge in [-0.15, -0.1) is 0 Å². The fraction of sp³-hybridized carbons (Fsp3) is 0.939. The lowest BCUT2D eigenvalue weighted by molar-refractivity contribution is -0.154. The minimum absolute atomic E-state index is 0.000696. The Bertz CT molecular complexity index is 3290. The number of hydrogen-bond donors (Lipinski definition) is 0. The van der Waals surface area contributed by atoms with E-state index in [4.69, 9.17) is 47.4 Å². The van der Waals surface area contributed by atoms with Gasteiger partial charge < -0.3 is 47.4 Å². The van der Waals surface area contributed by atoms with E-state index in [0.717, 1.165) is 115 Å². The van der Waals surface area contributed by atoms with E-state index in [-0.39, 0.29) is 106 Å². The van der Waals surface area contributed by atoms with E-state index < -0.39 is 0 Å². The van der Waals surface area contributed by atoms with E-state index in [1.165, 1.54) is 103 Å². The smallest absolute Gasteiger partial charge is 0.312 e. The molecule has 0 amide bonds. The van der Waals surface area contributed by atoms with Crippen molar-refractivity contribution in [1.82, 2.24) is 0 Å². The molecule has 0 aromatic carbocycles. The zero-order valence-corrected chi connectivity index (χ0v) is 73.0. The van der Waals surface area contributed by atoms with E-state index in [0.29, 0.717) is 162 Å². The van der Waals surface area contributed by atoms with Crippen LogP contribution in [0.15, 0.2) is 0 Å². The van der Waals surface area contributed by atoms with E-state index in [2.05, 4.69) is 125 Å². The van der Waals surface area contributed by atoms with Crippen molar-refractivity contribution in [2.24, 2.45) is 237 Å². The largest absolute Gasteiger partial charge is 0.465 e. The highest BCUT2D eigenvalue weighted by Crippen LogP contribution is 2.75. The summed E-state index contributed by atoms with van der Waals surface area (Å²) in [6.45, 7) is 42.2. The van der Waals surface area contributed by atoms with Gasteiger partial charge in [-0.1, -0.05) is 134 Å². The van der Waals surface area contributed by atoms with Crippen LogP contribution >= 0.6 is 0 Å². The highest BCUT2D eigenvalue weighted by atomic mass is 16.6. The lowest BCUT2D eigenvalue weighted by Crippen LogP contribution is -2.45. The Morgan fingerprint density at radius 3 is 0.921 bits per heavy atom. The van der Waals surface area contributed by atoms with Gasteiger partial charge in [0.05, 0.1) is 104 Å². The van der Waals surface area contributed by atoms with Gasteiger partial charge in [0.15, 0.2) is 0 Å².